The Labute approximate surface area is 191 Å². The number of nitriles is 1. The van der Waals surface area contributed by atoms with Gasteiger partial charge in [0, 0.05) is 11.4 Å². The van der Waals surface area contributed by atoms with Gasteiger partial charge in [0.15, 0.2) is 0 Å². The van der Waals surface area contributed by atoms with E-state index in [1.54, 1.807) is 36.4 Å². The maximum Gasteiger partial charge on any atom is 0.269 e. The molecule has 1 aliphatic rings. The van der Waals surface area contributed by atoms with Gasteiger partial charge in [-0.05, 0) is 43.2 Å². The van der Waals surface area contributed by atoms with E-state index in [2.05, 4.69) is 5.32 Å². The first-order valence-electron chi connectivity index (χ1n) is 10.2. The quantitative estimate of drug-likeness (QED) is 0.445. The number of anilines is 2. The lowest BCUT2D eigenvalue weighted by atomic mass is 10.1. The molecule has 0 bridgehead atoms. The second-order valence-electron chi connectivity index (χ2n) is 7.42. The van der Waals surface area contributed by atoms with Crippen LogP contribution in [-0.4, -0.2) is 17.1 Å². The summed E-state index contributed by atoms with van der Waals surface area (Å²) >= 11 is 1.26. The van der Waals surface area contributed by atoms with E-state index in [0.717, 1.165) is 11.1 Å². The van der Waals surface area contributed by atoms with Crippen molar-refractivity contribution in [2.75, 3.05) is 10.2 Å². The summed E-state index contributed by atoms with van der Waals surface area (Å²) in [6, 6.07) is 28.1. The summed E-state index contributed by atoms with van der Waals surface area (Å²) < 4.78 is 0. The van der Waals surface area contributed by atoms with Gasteiger partial charge in [-0.2, -0.15) is 5.26 Å². The van der Waals surface area contributed by atoms with Crippen molar-refractivity contribution < 1.29 is 9.59 Å². The highest BCUT2D eigenvalue weighted by atomic mass is 32.2. The third kappa shape index (κ3) is 4.58. The molecule has 0 aliphatic carbocycles. The van der Waals surface area contributed by atoms with Crippen LogP contribution in [0.25, 0.3) is 0 Å². The van der Waals surface area contributed by atoms with Gasteiger partial charge in [-0.1, -0.05) is 78.0 Å². The fourth-order valence-electron chi connectivity index (χ4n) is 3.45. The van der Waals surface area contributed by atoms with Gasteiger partial charge in [-0.25, -0.2) is 0 Å². The molecular weight excluding hydrogens is 418 g/mol. The third-order valence-corrected chi connectivity index (χ3v) is 6.36. The molecule has 0 spiro atoms. The van der Waals surface area contributed by atoms with Crippen molar-refractivity contribution in [1.29, 1.82) is 5.26 Å². The van der Waals surface area contributed by atoms with Crippen molar-refractivity contribution in [2.45, 2.75) is 18.6 Å². The van der Waals surface area contributed by atoms with E-state index in [1.807, 2.05) is 61.5 Å². The standard InChI is InChI=1S/C26H21N3O2S/c1-18-12-14-19(15-13-18)16-23-25(31)29(21-10-6-3-7-11-21)26(32-23)22(17-27)24(30)28-20-8-4-2-5-9-20/h2-15,23H,16H2,1H3,(H,28,30)/b26-22+/t23-/m1/s1. The maximum atomic E-state index is 13.4. The van der Waals surface area contributed by atoms with Crippen molar-refractivity contribution >= 4 is 35.0 Å². The van der Waals surface area contributed by atoms with E-state index in [9.17, 15) is 14.9 Å². The van der Waals surface area contributed by atoms with Crippen LogP contribution >= 0.6 is 11.8 Å². The van der Waals surface area contributed by atoms with Crippen LogP contribution in [0.1, 0.15) is 11.1 Å². The first-order valence-corrected chi connectivity index (χ1v) is 11.1. The molecule has 1 atom stereocenters. The second-order valence-corrected chi connectivity index (χ2v) is 8.61. The average molecular weight is 440 g/mol. The van der Waals surface area contributed by atoms with E-state index >= 15 is 0 Å². The van der Waals surface area contributed by atoms with Crippen LogP contribution in [0.15, 0.2) is 95.5 Å². The van der Waals surface area contributed by atoms with Crippen LogP contribution in [0.5, 0.6) is 0 Å². The van der Waals surface area contributed by atoms with Crippen molar-refractivity contribution in [3.63, 3.8) is 0 Å². The minimum Gasteiger partial charge on any atom is -0.321 e. The Morgan fingerprint density at radius 3 is 2.25 bits per heavy atom. The molecule has 1 saturated heterocycles. The molecule has 6 heteroatoms. The number of amides is 2. The largest absolute Gasteiger partial charge is 0.321 e. The number of aryl methyl sites for hydroxylation is 1. The normalized spacial score (nSPS) is 17.1. The highest BCUT2D eigenvalue weighted by Crippen LogP contribution is 2.42. The molecule has 1 fully saturated rings. The fourth-order valence-corrected chi connectivity index (χ4v) is 4.76. The minimum atomic E-state index is -0.536. The summed E-state index contributed by atoms with van der Waals surface area (Å²) in [6.45, 7) is 2.02. The lowest BCUT2D eigenvalue weighted by Gasteiger charge is -2.18. The van der Waals surface area contributed by atoms with Crippen molar-refractivity contribution in [2.24, 2.45) is 0 Å². The summed E-state index contributed by atoms with van der Waals surface area (Å²) in [5, 5.41) is 12.6. The Morgan fingerprint density at radius 2 is 1.62 bits per heavy atom. The average Bonchev–Trinajstić information content (AvgIpc) is 3.12. The molecule has 4 rings (SSSR count). The minimum absolute atomic E-state index is 0.0811. The molecule has 5 nitrogen and oxygen atoms in total. The number of hydrogen-bond acceptors (Lipinski definition) is 4. The van der Waals surface area contributed by atoms with Crippen LogP contribution in [0, 0.1) is 18.3 Å². The van der Waals surface area contributed by atoms with Crippen molar-refractivity contribution in [3.8, 4) is 6.07 Å². The Kier molecular flexibility index (Phi) is 6.39. The zero-order valence-electron chi connectivity index (χ0n) is 17.5. The molecule has 0 saturated carbocycles. The van der Waals surface area contributed by atoms with Crippen LogP contribution in [-0.2, 0) is 16.0 Å². The number of nitrogens with one attached hydrogen (secondary N) is 1. The predicted octanol–water partition coefficient (Wildman–Crippen LogP) is 5.06. The van der Waals surface area contributed by atoms with E-state index in [-0.39, 0.29) is 11.5 Å². The summed E-state index contributed by atoms with van der Waals surface area (Å²) in [5.41, 5.74) is 3.31. The number of thioether (sulfide) groups is 1. The summed E-state index contributed by atoms with van der Waals surface area (Å²) in [6.07, 6.45) is 0.510. The van der Waals surface area contributed by atoms with E-state index in [1.165, 1.54) is 16.7 Å². The Hall–Kier alpha value is -3.82. The number of benzene rings is 3. The van der Waals surface area contributed by atoms with Gasteiger partial charge in [-0.3, -0.25) is 14.5 Å². The number of hydrogen-bond donors (Lipinski definition) is 1. The number of rotatable bonds is 5. The highest BCUT2D eigenvalue weighted by molar-refractivity contribution is 8.05. The van der Waals surface area contributed by atoms with Crippen molar-refractivity contribution in [3.05, 3.63) is 107 Å². The van der Waals surface area contributed by atoms with Gasteiger partial charge in [0.25, 0.3) is 5.91 Å². The van der Waals surface area contributed by atoms with E-state index < -0.39 is 11.2 Å². The molecule has 3 aromatic rings. The Morgan fingerprint density at radius 1 is 1.00 bits per heavy atom. The lowest BCUT2D eigenvalue weighted by molar-refractivity contribution is -0.117. The second kappa shape index (κ2) is 9.54. The zero-order chi connectivity index (χ0) is 22.5. The van der Waals surface area contributed by atoms with Gasteiger partial charge >= 0.3 is 0 Å². The first-order chi connectivity index (χ1) is 15.6. The van der Waals surface area contributed by atoms with Crippen LogP contribution in [0.2, 0.25) is 0 Å². The SMILES string of the molecule is Cc1ccc(C[C@H]2S/C(=C(\C#N)C(=O)Nc3ccccc3)N(c3ccccc3)C2=O)cc1. The van der Waals surface area contributed by atoms with Gasteiger partial charge in [0.05, 0.1) is 5.25 Å². The number of carbonyl (C=O) groups is 2. The van der Waals surface area contributed by atoms with Crippen LogP contribution < -0.4 is 10.2 Å². The number of carbonyl (C=O) groups excluding carboxylic acids is 2. The Balaban J connectivity index is 1.71. The third-order valence-electron chi connectivity index (χ3n) is 5.09. The van der Waals surface area contributed by atoms with Gasteiger partial charge in [0.2, 0.25) is 5.91 Å². The molecule has 0 unspecified atom stereocenters. The highest BCUT2D eigenvalue weighted by Gasteiger charge is 2.40. The van der Waals surface area contributed by atoms with Gasteiger partial charge in [-0.15, -0.1) is 0 Å². The molecule has 1 N–H and O–H groups in total. The Bertz CT molecular complexity index is 1200. The molecular formula is C26H21N3O2S. The number of nitrogens with zero attached hydrogens (tertiary/aromatic N) is 2. The molecule has 1 heterocycles. The van der Waals surface area contributed by atoms with Gasteiger partial charge < -0.3 is 5.32 Å². The van der Waals surface area contributed by atoms with E-state index in [4.69, 9.17) is 0 Å². The van der Waals surface area contributed by atoms with Crippen LogP contribution in [0.4, 0.5) is 11.4 Å². The van der Waals surface area contributed by atoms with Gasteiger partial charge in [0.1, 0.15) is 16.7 Å². The smallest absolute Gasteiger partial charge is 0.269 e. The summed E-state index contributed by atoms with van der Waals surface area (Å²) in [7, 11) is 0. The fraction of sp³-hybridized carbons (Fsp3) is 0.115. The molecule has 158 valence electrons. The molecule has 2 amide bonds. The monoisotopic (exact) mass is 439 g/mol. The zero-order valence-corrected chi connectivity index (χ0v) is 18.3. The molecule has 1 aliphatic heterocycles. The topological polar surface area (TPSA) is 73.2 Å². The number of para-hydroxylation sites is 2. The summed E-state index contributed by atoms with van der Waals surface area (Å²) in [5.74, 6) is -0.678. The van der Waals surface area contributed by atoms with Crippen molar-refractivity contribution in [1.82, 2.24) is 0 Å². The molecule has 3 aromatic carbocycles. The lowest BCUT2D eigenvalue weighted by Crippen LogP contribution is -2.30. The molecule has 0 radical (unpaired) electrons. The van der Waals surface area contributed by atoms with Crippen LogP contribution in [0.3, 0.4) is 0 Å². The molecule has 0 aromatic heterocycles. The summed E-state index contributed by atoms with van der Waals surface area (Å²) in [4.78, 5) is 27.9. The maximum absolute atomic E-state index is 13.4. The predicted molar refractivity (Wildman–Crippen MR) is 128 cm³/mol. The molecule has 32 heavy (non-hydrogen) atoms. The first kappa shape index (κ1) is 21.4. The van der Waals surface area contributed by atoms with E-state index in [0.29, 0.717) is 22.8 Å².